The molecule has 0 aromatic rings. The Labute approximate surface area is 117 Å². The average Bonchev–Trinajstić information content (AvgIpc) is 2.95. The van der Waals surface area contributed by atoms with Crippen LogP contribution in [0.25, 0.3) is 0 Å². The maximum Gasteiger partial charge on any atom is 0.0590 e. The lowest BCUT2D eigenvalue weighted by Crippen LogP contribution is -2.63. The van der Waals surface area contributed by atoms with E-state index in [-0.39, 0.29) is 5.54 Å². The van der Waals surface area contributed by atoms with Gasteiger partial charge in [0, 0.05) is 24.7 Å². The molecule has 0 amide bonds. The monoisotopic (exact) mass is 266 g/mol. The highest BCUT2D eigenvalue weighted by Crippen LogP contribution is 2.43. The van der Waals surface area contributed by atoms with Crippen LogP contribution in [0.2, 0.25) is 0 Å². The maximum atomic E-state index is 6.27. The van der Waals surface area contributed by atoms with Gasteiger partial charge in [0.15, 0.2) is 0 Å². The van der Waals surface area contributed by atoms with E-state index >= 15 is 0 Å². The number of piperidine rings is 1. The summed E-state index contributed by atoms with van der Waals surface area (Å²) in [6.07, 6.45) is 11.0. The molecule has 19 heavy (non-hydrogen) atoms. The standard InChI is InChI=1S/C16H30N2O/c1-2-14-11-16(12-17,8-10-19-14)18-9-4-6-13-5-3-7-15(13)18/h13-15H,2-12,17H2,1H3. The first-order chi connectivity index (χ1) is 9.29. The zero-order valence-corrected chi connectivity index (χ0v) is 12.4. The predicted molar refractivity (Wildman–Crippen MR) is 78.1 cm³/mol. The van der Waals surface area contributed by atoms with E-state index in [9.17, 15) is 0 Å². The topological polar surface area (TPSA) is 38.5 Å². The van der Waals surface area contributed by atoms with E-state index in [2.05, 4.69) is 11.8 Å². The predicted octanol–water partition coefficient (Wildman–Crippen LogP) is 2.54. The van der Waals surface area contributed by atoms with Gasteiger partial charge < -0.3 is 10.5 Å². The molecule has 4 atom stereocenters. The zero-order chi connectivity index (χ0) is 13.3. The lowest BCUT2D eigenvalue weighted by atomic mass is 9.79. The molecule has 3 aliphatic rings. The molecular weight excluding hydrogens is 236 g/mol. The van der Waals surface area contributed by atoms with Crippen molar-refractivity contribution >= 4 is 0 Å². The molecule has 2 heterocycles. The molecule has 3 heteroatoms. The molecule has 0 radical (unpaired) electrons. The molecule has 3 nitrogen and oxygen atoms in total. The van der Waals surface area contributed by atoms with Gasteiger partial charge >= 0.3 is 0 Å². The summed E-state index contributed by atoms with van der Waals surface area (Å²) >= 11 is 0. The van der Waals surface area contributed by atoms with Crippen molar-refractivity contribution in [3.8, 4) is 0 Å². The Kier molecular flexibility index (Phi) is 4.16. The van der Waals surface area contributed by atoms with E-state index in [1.165, 1.54) is 38.6 Å². The molecular formula is C16H30N2O. The Bertz CT molecular complexity index is 309. The Morgan fingerprint density at radius 3 is 2.89 bits per heavy atom. The zero-order valence-electron chi connectivity index (χ0n) is 12.4. The number of ether oxygens (including phenoxy) is 1. The smallest absolute Gasteiger partial charge is 0.0590 e. The van der Waals surface area contributed by atoms with Gasteiger partial charge in [0.2, 0.25) is 0 Å². The van der Waals surface area contributed by atoms with Crippen LogP contribution < -0.4 is 5.73 Å². The minimum absolute atomic E-state index is 0.243. The summed E-state index contributed by atoms with van der Waals surface area (Å²) < 4.78 is 5.90. The minimum atomic E-state index is 0.243. The normalized spacial score (nSPS) is 44.2. The molecule has 1 saturated carbocycles. The van der Waals surface area contributed by atoms with E-state index in [1.807, 2.05) is 0 Å². The first-order valence-electron chi connectivity index (χ1n) is 8.37. The molecule has 0 bridgehead atoms. The molecule has 0 aromatic carbocycles. The number of nitrogens with two attached hydrogens (primary N) is 1. The first-order valence-corrected chi connectivity index (χ1v) is 8.37. The van der Waals surface area contributed by atoms with Crippen LogP contribution in [0, 0.1) is 5.92 Å². The molecule has 4 unspecified atom stereocenters. The van der Waals surface area contributed by atoms with Crippen molar-refractivity contribution in [3.05, 3.63) is 0 Å². The first kappa shape index (κ1) is 13.8. The summed E-state index contributed by atoms with van der Waals surface area (Å²) in [7, 11) is 0. The number of likely N-dealkylation sites (tertiary alicyclic amines) is 1. The summed E-state index contributed by atoms with van der Waals surface area (Å²) in [6, 6.07) is 0.827. The molecule has 0 aromatic heterocycles. The minimum Gasteiger partial charge on any atom is -0.378 e. The Hall–Kier alpha value is -0.120. The van der Waals surface area contributed by atoms with Gasteiger partial charge in [-0.25, -0.2) is 0 Å². The van der Waals surface area contributed by atoms with Crippen LogP contribution in [0.4, 0.5) is 0 Å². The van der Waals surface area contributed by atoms with Crippen LogP contribution >= 0.6 is 0 Å². The highest BCUT2D eigenvalue weighted by atomic mass is 16.5. The molecule has 0 spiro atoms. The summed E-state index contributed by atoms with van der Waals surface area (Å²) in [4.78, 5) is 2.83. The van der Waals surface area contributed by atoms with E-state index in [0.29, 0.717) is 6.10 Å². The van der Waals surface area contributed by atoms with Gasteiger partial charge in [-0.05, 0) is 57.4 Å². The van der Waals surface area contributed by atoms with Crippen molar-refractivity contribution in [2.24, 2.45) is 11.7 Å². The van der Waals surface area contributed by atoms with Gasteiger partial charge in [-0.15, -0.1) is 0 Å². The fourth-order valence-corrected chi connectivity index (χ4v) is 4.87. The molecule has 3 rings (SSSR count). The molecule has 2 saturated heterocycles. The van der Waals surface area contributed by atoms with Crippen molar-refractivity contribution in [2.45, 2.75) is 76.0 Å². The molecule has 3 fully saturated rings. The van der Waals surface area contributed by atoms with Crippen LogP contribution in [0.15, 0.2) is 0 Å². The molecule has 2 N–H and O–H groups in total. The van der Waals surface area contributed by atoms with Gasteiger partial charge in [0.05, 0.1) is 6.10 Å². The Morgan fingerprint density at radius 1 is 1.26 bits per heavy atom. The number of hydrogen-bond acceptors (Lipinski definition) is 3. The van der Waals surface area contributed by atoms with E-state index < -0.39 is 0 Å². The average molecular weight is 266 g/mol. The van der Waals surface area contributed by atoms with E-state index in [4.69, 9.17) is 10.5 Å². The molecule has 2 aliphatic heterocycles. The van der Waals surface area contributed by atoms with Gasteiger partial charge in [-0.3, -0.25) is 4.90 Å². The second-order valence-corrected chi connectivity index (χ2v) is 6.88. The lowest BCUT2D eigenvalue weighted by molar-refractivity contribution is -0.0975. The highest BCUT2D eigenvalue weighted by molar-refractivity contribution is 5.02. The lowest BCUT2D eigenvalue weighted by Gasteiger charge is -2.53. The van der Waals surface area contributed by atoms with Crippen LogP contribution in [-0.2, 0) is 4.74 Å². The number of hydrogen-bond donors (Lipinski definition) is 1. The largest absolute Gasteiger partial charge is 0.378 e. The van der Waals surface area contributed by atoms with E-state index in [1.54, 1.807) is 0 Å². The van der Waals surface area contributed by atoms with Gasteiger partial charge in [0.1, 0.15) is 0 Å². The van der Waals surface area contributed by atoms with Crippen LogP contribution in [0.3, 0.4) is 0 Å². The van der Waals surface area contributed by atoms with Gasteiger partial charge in [-0.1, -0.05) is 13.3 Å². The molecule has 1 aliphatic carbocycles. The number of rotatable bonds is 3. The summed E-state index contributed by atoms with van der Waals surface area (Å²) in [5.41, 5.74) is 6.51. The number of nitrogens with zero attached hydrogens (tertiary/aromatic N) is 1. The summed E-state index contributed by atoms with van der Waals surface area (Å²) in [5, 5.41) is 0. The highest BCUT2D eigenvalue weighted by Gasteiger charge is 2.47. The van der Waals surface area contributed by atoms with Crippen LogP contribution in [0.5, 0.6) is 0 Å². The van der Waals surface area contributed by atoms with Crippen molar-refractivity contribution < 1.29 is 4.74 Å². The van der Waals surface area contributed by atoms with Gasteiger partial charge in [-0.2, -0.15) is 0 Å². The van der Waals surface area contributed by atoms with Crippen molar-refractivity contribution in [1.82, 2.24) is 4.90 Å². The van der Waals surface area contributed by atoms with Crippen LogP contribution in [0.1, 0.15) is 58.3 Å². The molecule has 110 valence electrons. The summed E-state index contributed by atoms with van der Waals surface area (Å²) in [6.45, 7) is 5.24. The second kappa shape index (κ2) is 5.71. The number of fused-ring (bicyclic) bond motifs is 1. The third-order valence-corrected chi connectivity index (χ3v) is 5.97. The van der Waals surface area contributed by atoms with Gasteiger partial charge in [0.25, 0.3) is 0 Å². The fraction of sp³-hybridized carbons (Fsp3) is 1.00. The third kappa shape index (κ3) is 2.45. The third-order valence-electron chi connectivity index (χ3n) is 5.97. The van der Waals surface area contributed by atoms with Crippen LogP contribution in [-0.4, -0.2) is 42.3 Å². The maximum absolute atomic E-state index is 6.27. The van der Waals surface area contributed by atoms with Crippen molar-refractivity contribution in [3.63, 3.8) is 0 Å². The summed E-state index contributed by atoms with van der Waals surface area (Å²) in [5.74, 6) is 0.958. The van der Waals surface area contributed by atoms with Crippen molar-refractivity contribution in [2.75, 3.05) is 19.7 Å². The van der Waals surface area contributed by atoms with Crippen molar-refractivity contribution in [1.29, 1.82) is 0 Å². The Morgan fingerprint density at radius 2 is 2.11 bits per heavy atom. The fourth-order valence-electron chi connectivity index (χ4n) is 4.87. The van der Waals surface area contributed by atoms with E-state index in [0.717, 1.165) is 44.4 Å². The Balaban J connectivity index is 1.79. The second-order valence-electron chi connectivity index (χ2n) is 6.88. The quantitative estimate of drug-likeness (QED) is 0.853. The SMILES string of the molecule is CCC1CC(CN)(N2CCCC3CCCC32)CCO1.